The molecule has 0 radical (unpaired) electrons. The van der Waals surface area contributed by atoms with Gasteiger partial charge in [0, 0.05) is 26.2 Å². The molecule has 0 heterocycles. The Labute approximate surface area is 117 Å². The Kier molecular flexibility index (Phi) is 4.00. The molecule has 0 fully saturated rings. The van der Waals surface area contributed by atoms with E-state index < -0.39 is 6.43 Å². The highest BCUT2D eigenvalue weighted by atomic mass is 127. The van der Waals surface area contributed by atoms with Crippen LogP contribution in [0.25, 0.3) is 0 Å². The third-order valence-electron chi connectivity index (χ3n) is 2.41. The number of alkyl halides is 2. The molecular formula is C13H11F2IN2. The van der Waals surface area contributed by atoms with Gasteiger partial charge in [-0.1, -0.05) is 6.07 Å². The van der Waals surface area contributed by atoms with Gasteiger partial charge in [0.1, 0.15) is 0 Å². The minimum Gasteiger partial charge on any atom is -0.399 e. The van der Waals surface area contributed by atoms with Gasteiger partial charge in [0.25, 0.3) is 6.43 Å². The highest BCUT2D eigenvalue weighted by Gasteiger charge is 2.13. The zero-order valence-electron chi connectivity index (χ0n) is 9.33. The van der Waals surface area contributed by atoms with Gasteiger partial charge < -0.3 is 11.1 Å². The molecule has 2 rings (SSSR count). The van der Waals surface area contributed by atoms with Crippen LogP contribution in [-0.2, 0) is 0 Å². The lowest BCUT2D eigenvalue weighted by molar-refractivity contribution is 0.152. The van der Waals surface area contributed by atoms with Crippen molar-refractivity contribution in [3.05, 3.63) is 51.6 Å². The SMILES string of the molecule is Nc1ccc(Nc2cccc(I)c2)c(C(F)F)c1. The van der Waals surface area contributed by atoms with Gasteiger partial charge in [-0.25, -0.2) is 8.78 Å². The average molecular weight is 360 g/mol. The number of rotatable bonds is 3. The van der Waals surface area contributed by atoms with Crippen LogP contribution in [-0.4, -0.2) is 0 Å². The second-order valence-electron chi connectivity index (χ2n) is 3.78. The van der Waals surface area contributed by atoms with Gasteiger partial charge >= 0.3 is 0 Å². The number of anilines is 3. The zero-order valence-corrected chi connectivity index (χ0v) is 11.5. The van der Waals surface area contributed by atoms with Crippen molar-refractivity contribution in [1.82, 2.24) is 0 Å². The van der Waals surface area contributed by atoms with Crippen molar-refractivity contribution < 1.29 is 8.78 Å². The smallest absolute Gasteiger partial charge is 0.265 e. The third-order valence-corrected chi connectivity index (χ3v) is 3.09. The minimum absolute atomic E-state index is 0.0890. The molecule has 2 nitrogen and oxygen atoms in total. The summed E-state index contributed by atoms with van der Waals surface area (Å²) in [6, 6.07) is 12.0. The normalized spacial score (nSPS) is 10.7. The van der Waals surface area contributed by atoms with Crippen LogP contribution in [0.4, 0.5) is 25.8 Å². The molecule has 0 aromatic heterocycles. The maximum Gasteiger partial charge on any atom is 0.265 e. The largest absolute Gasteiger partial charge is 0.399 e. The Morgan fingerprint density at radius 1 is 1.11 bits per heavy atom. The van der Waals surface area contributed by atoms with Crippen molar-refractivity contribution >= 4 is 39.7 Å². The monoisotopic (exact) mass is 360 g/mol. The molecule has 2 aromatic rings. The van der Waals surface area contributed by atoms with E-state index in [1.807, 2.05) is 24.3 Å². The lowest BCUT2D eigenvalue weighted by Crippen LogP contribution is -1.98. The number of nitrogens with two attached hydrogens (primary N) is 1. The van der Waals surface area contributed by atoms with Crippen LogP contribution >= 0.6 is 22.6 Å². The number of nitrogens with one attached hydrogen (secondary N) is 1. The lowest BCUT2D eigenvalue weighted by Gasteiger charge is -2.12. The van der Waals surface area contributed by atoms with Crippen LogP contribution < -0.4 is 11.1 Å². The summed E-state index contributed by atoms with van der Waals surface area (Å²) in [5, 5.41) is 2.98. The van der Waals surface area contributed by atoms with Crippen LogP contribution in [0.5, 0.6) is 0 Å². The zero-order chi connectivity index (χ0) is 13.1. The molecule has 0 bridgehead atoms. The van der Waals surface area contributed by atoms with E-state index in [0.717, 1.165) is 9.26 Å². The fraction of sp³-hybridized carbons (Fsp3) is 0.0769. The fourth-order valence-corrected chi connectivity index (χ4v) is 2.14. The number of halogens is 3. The predicted octanol–water partition coefficient (Wildman–Crippen LogP) is 4.55. The van der Waals surface area contributed by atoms with Crippen molar-refractivity contribution in [2.24, 2.45) is 0 Å². The maximum absolute atomic E-state index is 12.9. The molecule has 0 aliphatic carbocycles. The summed E-state index contributed by atoms with van der Waals surface area (Å²) in [6.07, 6.45) is -2.56. The van der Waals surface area contributed by atoms with Gasteiger partial charge in [-0.15, -0.1) is 0 Å². The summed E-state index contributed by atoms with van der Waals surface area (Å²) >= 11 is 2.17. The molecule has 0 atom stereocenters. The summed E-state index contributed by atoms with van der Waals surface area (Å²) in [7, 11) is 0. The molecule has 0 saturated carbocycles. The summed E-state index contributed by atoms with van der Waals surface area (Å²) in [5.41, 5.74) is 6.91. The van der Waals surface area contributed by atoms with Crippen molar-refractivity contribution in [1.29, 1.82) is 0 Å². The number of nitrogen functional groups attached to an aromatic ring is 1. The highest BCUT2D eigenvalue weighted by molar-refractivity contribution is 14.1. The fourth-order valence-electron chi connectivity index (χ4n) is 1.60. The second kappa shape index (κ2) is 5.51. The Morgan fingerprint density at radius 2 is 1.89 bits per heavy atom. The van der Waals surface area contributed by atoms with Gasteiger partial charge in [-0.3, -0.25) is 0 Å². The number of hydrogen-bond acceptors (Lipinski definition) is 2. The van der Waals surface area contributed by atoms with Gasteiger partial charge in [-0.2, -0.15) is 0 Å². The predicted molar refractivity (Wildman–Crippen MR) is 78.3 cm³/mol. The summed E-state index contributed by atoms with van der Waals surface area (Å²) in [4.78, 5) is 0. The van der Waals surface area contributed by atoms with E-state index in [9.17, 15) is 8.78 Å². The lowest BCUT2D eigenvalue weighted by atomic mass is 10.1. The Hall–Kier alpha value is -1.37. The molecule has 0 aliphatic rings. The standard InChI is InChI=1S/C13H11F2IN2/c14-13(15)11-7-9(17)4-5-12(11)18-10-3-1-2-8(16)6-10/h1-7,13,18H,17H2. The van der Waals surface area contributed by atoms with Crippen molar-refractivity contribution in [2.45, 2.75) is 6.43 Å². The molecular weight excluding hydrogens is 349 g/mol. The van der Waals surface area contributed by atoms with Gasteiger partial charge in [0.05, 0.1) is 0 Å². The summed E-state index contributed by atoms with van der Waals surface area (Å²) in [6.45, 7) is 0. The first-order chi connectivity index (χ1) is 8.56. The minimum atomic E-state index is -2.56. The van der Waals surface area contributed by atoms with E-state index in [2.05, 4.69) is 27.9 Å². The third kappa shape index (κ3) is 3.10. The van der Waals surface area contributed by atoms with E-state index in [-0.39, 0.29) is 5.56 Å². The topological polar surface area (TPSA) is 38.0 Å². The molecule has 0 spiro atoms. The summed E-state index contributed by atoms with van der Waals surface area (Å²) in [5.74, 6) is 0. The van der Waals surface area contributed by atoms with Crippen molar-refractivity contribution in [2.75, 3.05) is 11.1 Å². The van der Waals surface area contributed by atoms with Gasteiger partial charge in [0.2, 0.25) is 0 Å². The van der Waals surface area contributed by atoms with Crippen LogP contribution in [0.15, 0.2) is 42.5 Å². The molecule has 3 N–H and O–H groups in total. The van der Waals surface area contributed by atoms with Crippen LogP contribution in [0.1, 0.15) is 12.0 Å². The molecule has 0 saturated heterocycles. The van der Waals surface area contributed by atoms with Crippen molar-refractivity contribution in [3.8, 4) is 0 Å². The van der Waals surface area contributed by atoms with Crippen molar-refractivity contribution in [3.63, 3.8) is 0 Å². The van der Waals surface area contributed by atoms with E-state index >= 15 is 0 Å². The van der Waals surface area contributed by atoms with Crippen LogP contribution in [0, 0.1) is 3.57 Å². The molecule has 2 aromatic carbocycles. The molecule has 0 amide bonds. The van der Waals surface area contributed by atoms with Gasteiger partial charge in [0.15, 0.2) is 0 Å². The number of hydrogen-bond donors (Lipinski definition) is 2. The Bertz CT molecular complexity index is 558. The summed E-state index contributed by atoms with van der Waals surface area (Å²) < 4.78 is 26.8. The van der Waals surface area contributed by atoms with Gasteiger partial charge in [-0.05, 0) is 59.0 Å². The Balaban J connectivity index is 2.34. The average Bonchev–Trinajstić information content (AvgIpc) is 2.31. The molecule has 0 unspecified atom stereocenters. The first-order valence-corrected chi connectivity index (χ1v) is 6.34. The molecule has 18 heavy (non-hydrogen) atoms. The highest BCUT2D eigenvalue weighted by Crippen LogP contribution is 2.31. The van der Waals surface area contributed by atoms with E-state index in [4.69, 9.17) is 5.73 Å². The van der Waals surface area contributed by atoms with E-state index in [0.29, 0.717) is 11.4 Å². The number of benzene rings is 2. The Morgan fingerprint density at radius 3 is 2.56 bits per heavy atom. The maximum atomic E-state index is 12.9. The molecule has 5 heteroatoms. The van der Waals surface area contributed by atoms with Crippen LogP contribution in [0.3, 0.4) is 0 Å². The second-order valence-corrected chi connectivity index (χ2v) is 5.03. The first kappa shape index (κ1) is 13.1. The first-order valence-electron chi connectivity index (χ1n) is 5.26. The van der Waals surface area contributed by atoms with Crippen LogP contribution in [0.2, 0.25) is 0 Å². The van der Waals surface area contributed by atoms with E-state index in [1.165, 1.54) is 6.07 Å². The molecule has 94 valence electrons. The quantitative estimate of drug-likeness (QED) is 0.622. The molecule has 0 aliphatic heterocycles. The van der Waals surface area contributed by atoms with E-state index in [1.54, 1.807) is 12.1 Å².